The molecule has 1 amide bonds. The lowest BCUT2D eigenvalue weighted by Gasteiger charge is -2.13. The number of rotatable bonds is 4. The van der Waals surface area contributed by atoms with Gasteiger partial charge in [0.1, 0.15) is 5.69 Å². The number of aryl methyl sites for hydroxylation is 1. The van der Waals surface area contributed by atoms with Gasteiger partial charge >= 0.3 is 0 Å². The zero-order valence-electron chi connectivity index (χ0n) is 11.4. The van der Waals surface area contributed by atoms with Crippen LogP contribution in [0.3, 0.4) is 0 Å². The number of hydrogen-bond acceptors (Lipinski definition) is 3. The molecule has 2 rings (SSSR count). The van der Waals surface area contributed by atoms with E-state index < -0.39 is 0 Å². The number of amides is 1. The second-order valence-corrected chi connectivity index (χ2v) is 4.64. The van der Waals surface area contributed by atoms with Crippen molar-refractivity contribution in [3.05, 3.63) is 40.7 Å². The molecule has 1 aromatic heterocycles. The van der Waals surface area contributed by atoms with Gasteiger partial charge in [-0.3, -0.25) is 4.79 Å². The van der Waals surface area contributed by atoms with Gasteiger partial charge in [0.2, 0.25) is 0 Å². The number of hydrogen-bond donors (Lipinski definition) is 2. The number of aromatic nitrogens is 1. The fourth-order valence-corrected chi connectivity index (χ4v) is 1.97. The first-order valence-corrected chi connectivity index (χ1v) is 6.31. The molecule has 2 aromatic rings. The third-order valence-electron chi connectivity index (χ3n) is 2.87. The number of H-pyrrole nitrogens is 1. The van der Waals surface area contributed by atoms with Crippen LogP contribution in [0, 0.1) is 6.92 Å². The van der Waals surface area contributed by atoms with Gasteiger partial charge in [0.05, 0.1) is 19.2 Å². The number of aromatic amines is 1. The van der Waals surface area contributed by atoms with Crippen molar-refractivity contribution >= 4 is 23.2 Å². The highest BCUT2D eigenvalue weighted by atomic mass is 35.5. The summed E-state index contributed by atoms with van der Waals surface area (Å²) in [4.78, 5) is 14.9. The summed E-state index contributed by atoms with van der Waals surface area (Å²) in [6, 6.07) is 5.08. The molecule has 6 heteroatoms. The molecule has 20 heavy (non-hydrogen) atoms. The van der Waals surface area contributed by atoms with Crippen molar-refractivity contribution in [2.45, 2.75) is 6.92 Å². The second-order valence-electron chi connectivity index (χ2n) is 4.21. The Morgan fingerprint density at radius 2 is 1.85 bits per heavy atom. The van der Waals surface area contributed by atoms with Crippen LogP contribution >= 0.6 is 11.6 Å². The van der Waals surface area contributed by atoms with Crippen molar-refractivity contribution in [1.29, 1.82) is 0 Å². The maximum Gasteiger partial charge on any atom is 0.272 e. The molecular weight excluding hydrogens is 280 g/mol. The number of carbonyl (C=O) groups is 1. The second kappa shape index (κ2) is 5.88. The molecule has 0 fully saturated rings. The van der Waals surface area contributed by atoms with Crippen LogP contribution in [0.4, 0.5) is 5.69 Å². The molecule has 0 bridgehead atoms. The van der Waals surface area contributed by atoms with Crippen molar-refractivity contribution in [2.24, 2.45) is 0 Å². The molecule has 0 atom stereocenters. The summed E-state index contributed by atoms with van der Waals surface area (Å²) in [5, 5.41) is 3.29. The molecule has 0 aliphatic carbocycles. The number of anilines is 1. The fraction of sp³-hybridized carbons (Fsp3) is 0.214. The summed E-state index contributed by atoms with van der Waals surface area (Å²) in [7, 11) is 3.11. The molecule has 1 heterocycles. The van der Waals surface area contributed by atoms with Gasteiger partial charge in [0, 0.05) is 18.0 Å². The first-order chi connectivity index (χ1) is 9.55. The van der Waals surface area contributed by atoms with E-state index in [1.54, 1.807) is 38.6 Å². The molecule has 0 radical (unpaired) electrons. The van der Waals surface area contributed by atoms with Gasteiger partial charge in [-0.25, -0.2) is 0 Å². The summed E-state index contributed by atoms with van der Waals surface area (Å²) in [6.45, 7) is 1.87. The number of nitrogens with one attached hydrogen (secondary N) is 2. The van der Waals surface area contributed by atoms with Crippen LogP contribution in [0.2, 0.25) is 5.02 Å². The van der Waals surface area contributed by atoms with E-state index in [2.05, 4.69) is 10.3 Å². The molecule has 0 aliphatic rings. The molecule has 5 nitrogen and oxygen atoms in total. The average molecular weight is 295 g/mol. The minimum absolute atomic E-state index is 0.271. The Balaban J connectivity index is 2.27. The molecule has 1 aromatic carbocycles. The lowest BCUT2D eigenvalue weighted by Crippen LogP contribution is -2.13. The molecular formula is C14H15ClN2O3. The Hall–Kier alpha value is -2.14. The maximum absolute atomic E-state index is 12.1. The van der Waals surface area contributed by atoms with E-state index in [4.69, 9.17) is 21.1 Å². The van der Waals surface area contributed by atoms with Crippen LogP contribution in [-0.4, -0.2) is 25.1 Å². The molecule has 0 saturated heterocycles. The zero-order valence-corrected chi connectivity index (χ0v) is 12.2. The SMILES string of the molecule is COc1cc(C)c(NC(=O)c2cc(Cl)c[nH]2)cc1OC. The number of methoxy groups -OCH3 is 2. The van der Waals surface area contributed by atoms with Gasteiger partial charge < -0.3 is 19.8 Å². The first kappa shape index (κ1) is 14.3. The Morgan fingerprint density at radius 1 is 1.20 bits per heavy atom. The van der Waals surface area contributed by atoms with Gasteiger partial charge in [-0.05, 0) is 24.6 Å². The Labute approximate surface area is 121 Å². The Kier molecular flexibility index (Phi) is 4.20. The molecule has 0 aliphatic heterocycles. The summed E-state index contributed by atoms with van der Waals surface area (Å²) in [6.07, 6.45) is 1.55. The van der Waals surface area contributed by atoms with E-state index >= 15 is 0 Å². The summed E-state index contributed by atoms with van der Waals surface area (Å²) >= 11 is 5.78. The van der Waals surface area contributed by atoms with Crippen molar-refractivity contribution < 1.29 is 14.3 Å². The van der Waals surface area contributed by atoms with Gasteiger partial charge in [-0.1, -0.05) is 11.6 Å². The maximum atomic E-state index is 12.1. The summed E-state index contributed by atoms with van der Waals surface area (Å²) in [5.74, 6) is 0.899. The third kappa shape index (κ3) is 2.88. The van der Waals surface area contributed by atoms with Crippen LogP contribution in [0.1, 0.15) is 16.1 Å². The first-order valence-electron chi connectivity index (χ1n) is 5.93. The lowest BCUT2D eigenvalue weighted by molar-refractivity contribution is 0.102. The zero-order chi connectivity index (χ0) is 14.7. The van der Waals surface area contributed by atoms with Crippen molar-refractivity contribution in [3.63, 3.8) is 0 Å². The Bertz CT molecular complexity index is 637. The predicted octanol–water partition coefficient (Wildman–Crippen LogP) is 3.25. The summed E-state index contributed by atoms with van der Waals surface area (Å²) in [5.41, 5.74) is 1.91. The van der Waals surface area contributed by atoms with E-state index in [0.717, 1.165) is 5.56 Å². The third-order valence-corrected chi connectivity index (χ3v) is 3.09. The highest BCUT2D eigenvalue weighted by molar-refractivity contribution is 6.31. The Morgan fingerprint density at radius 3 is 2.40 bits per heavy atom. The van der Waals surface area contributed by atoms with E-state index in [9.17, 15) is 4.79 Å². The largest absolute Gasteiger partial charge is 0.493 e. The van der Waals surface area contributed by atoms with Gasteiger partial charge in [-0.2, -0.15) is 0 Å². The molecule has 0 unspecified atom stereocenters. The quantitative estimate of drug-likeness (QED) is 0.910. The van der Waals surface area contributed by atoms with Crippen molar-refractivity contribution in [3.8, 4) is 11.5 Å². The monoisotopic (exact) mass is 294 g/mol. The van der Waals surface area contributed by atoms with Gasteiger partial charge in [-0.15, -0.1) is 0 Å². The minimum atomic E-state index is -0.271. The highest BCUT2D eigenvalue weighted by Gasteiger charge is 2.13. The molecule has 2 N–H and O–H groups in total. The van der Waals surface area contributed by atoms with E-state index in [-0.39, 0.29) is 5.91 Å². The number of carbonyl (C=O) groups excluding carboxylic acids is 1. The van der Waals surface area contributed by atoms with Gasteiger partial charge in [0.25, 0.3) is 5.91 Å². The van der Waals surface area contributed by atoms with Crippen molar-refractivity contribution in [1.82, 2.24) is 4.98 Å². The van der Waals surface area contributed by atoms with Crippen LogP contribution in [0.15, 0.2) is 24.4 Å². The topological polar surface area (TPSA) is 63.3 Å². The van der Waals surface area contributed by atoms with Crippen molar-refractivity contribution in [2.75, 3.05) is 19.5 Å². The lowest BCUT2D eigenvalue weighted by atomic mass is 10.1. The normalized spacial score (nSPS) is 10.2. The van der Waals surface area contributed by atoms with Crippen LogP contribution in [-0.2, 0) is 0 Å². The fourth-order valence-electron chi connectivity index (χ4n) is 1.80. The average Bonchev–Trinajstić information content (AvgIpc) is 2.87. The number of halogens is 1. The number of ether oxygens (including phenoxy) is 2. The van der Waals surface area contributed by atoms with Crippen LogP contribution < -0.4 is 14.8 Å². The minimum Gasteiger partial charge on any atom is -0.493 e. The molecule has 106 valence electrons. The summed E-state index contributed by atoms with van der Waals surface area (Å²) < 4.78 is 10.4. The smallest absolute Gasteiger partial charge is 0.272 e. The standard InChI is InChI=1S/C14H15ClN2O3/c1-8-4-12(19-2)13(20-3)6-10(8)17-14(18)11-5-9(15)7-16-11/h4-7,16H,1-3H3,(H,17,18). The highest BCUT2D eigenvalue weighted by Crippen LogP contribution is 2.33. The molecule has 0 saturated carbocycles. The van der Waals surface area contributed by atoms with E-state index in [1.165, 1.54) is 0 Å². The molecule has 0 spiro atoms. The van der Waals surface area contributed by atoms with Gasteiger partial charge in [0.15, 0.2) is 11.5 Å². The number of benzene rings is 1. The van der Waals surface area contributed by atoms with E-state index in [0.29, 0.717) is 27.9 Å². The van der Waals surface area contributed by atoms with E-state index in [1.807, 2.05) is 6.92 Å². The van der Waals surface area contributed by atoms with Crippen LogP contribution in [0.25, 0.3) is 0 Å². The predicted molar refractivity (Wildman–Crippen MR) is 78.0 cm³/mol. The van der Waals surface area contributed by atoms with Crippen LogP contribution in [0.5, 0.6) is 11.5 Å².